The topological polar surface area (TPSA) is 64.3 Å². The van der Waals surface area contributed by atoms with Crippen LogP contribution >= 0.6 is 0 Å². The predicted octanol–water partition coefficient (Wildman–Crippen LogP) is 2.31. The molecule has 4 heteroatoms. The van der Waals surface area contributed by atoms with Gasteiger partial charge in [-0.05, 0) is 43.5 Å². The number of rotatable bonds is 7. The van der Waals surface area contributed by atoms with E-state index in [-0.39, 0.29) is 5.91 Å². The molecule has 0 unspecified atom stereocenters. The van der Waals surface area contributed by atoms with E-state index >= 15 is 0 Å². The highest BCUT2D eigenvalue weighted by atomic mass is 16.5. The number of nitrogens with two attached hydrogens (primary N) is 1. The van der Waals surface area contributed by atoms with E-state index in [1.54, 1.807) is 0 Å². The number of amides is 1. The van der Waals surface area contributed by atoms with Gasteiger partial charge in [-0.3, -0.25) is 4.79 Å². The van der Waals surface area contributed by atoms with Crippen molar-refractivity contribution < 1.29 is 9.53 Å². The van der Waals surface area contributed by atoms with Crippen molar-refractivity contribution >= 4 is 11.6 Å². The molecule has 0 aliphatic rings. The molecule has 0 aliphatic heterocycles. The Morgan fingerprint density at radius 1 is 1.38 bits per heavy atom. The Bertz CT molecular complexity index is 515. The first-order valence-electron chi connectivity index (χ1n) is 7.40. The first-order chi connectivity index (χ1) is 10.2. The average Bonchev–Trinajstić information content (AvgIpc) is 2.50. The number of carbonyl (C=O) groups excluding carboxylic acids is 1. The minimum Gasteiger partial charge on any atom is -0.382 e. The van der Waals surface area contributed by atoms with Crippen LogP contribution in [0.3, 0.4) is 0 Å². The van der Waals surface area contributed by atoms with Crippen molar-refractivity contribution in [3.05, 3.63) is 29.3 Å². The summed E-state index contributed by atoms with van der Waals surface area (Å²) in [6.45, 7) is 5.66. The quantitative estimate of drug-likeness (QED) is 0.598. The third-order valence-electron chi connectivity index (χ3n) is 2.99. The number of benzene rings is 1. The fourth-order valence-corrected chi connectivity index (χ4v) is 1.93. The zero-order valence-electron chi connectivity index (χ0n) is 12.9. The molecular weight excluding hydrogens is 264 g/mol. The molecule has 4 nitrogen and oxygen atoms in total. The Balaban J connectivity index is 2.63. The van der Waals surface area contributed by atoms with Crippen LogP contribution in [0, 0.1) is 11.8 Å². The van der Waals surface area contributed by atoms with Crippen LogP contribution in [0.4, 0.5) is 5.69 Å². The fourth-order valence-electron chi connectivity index (χ4n) is 1.93. The molecule has 1 rings (SSSR count). The van der Waals surface area contributed by atoms with Crippen molar-refractivity contribution in [3.8, 4) is 11.8 Å². The standard InChI is InChI=1S/C17H24N2O2/c1-3-15-13-14(7-5-11-18)9-10-16(15)19-17(20)8-6-12-21-4-2/h9-10,13H,3-4,6,8,11-12,18H2,1-2H3,(H,19,20). The van der Waals surface area contributed by atoms with Gasteiger partial charge in [0.25, 0.3) is 0 Å². The summed E-state index contributed by atoms with van der Waals surface area (Å²) in [7, 11) is 0. The smallest absolute Gasteiger partial charge is 0.224 e. The molecule has 0 radical (unpaired) electrons. The van der Waals surface area contributed by atoms with E-state index in [9.17, 15) is 4.79 Å². The van der Waals surface area contributed by atoms with E-state index in [4.69, 9.17) is 10.5 Å². The third-order valence-corrected chi connectivity index (χ3v) is 2.99. The van der Waals surface area contributed by atoms with E-state index in [1.807, 2.05) is 25.1 Å². The maximum atomic E-state index is 11.9. The van der Waals surface area contributed by atoms with Crippen LogP contribution in [0.25, 0.3) is 0 Å². The predicted molar refractivity (Wildman–Crippen MR) is 86.1 cm³/mol. The van der Waals surface area contributed by atoms with Gasteiger partial charge in [0.1, 0.15) is 0 Å². The monoisotopic (exact) mass is 288 g/mol. The van der Waals surface area contributed by atoms with Gasteiger partial charge in [0, 0.05) is 30.9 Å². The van der Waals surface area contributed by atoms with E-state index in [0.29, 0.717) is 26.2 Å². The minimum atomic E-state index is 0.0187. The van der Waals surface area contributed by atoms with Crippen molar-refractivity contribution in [1.82, 2.24) is 0 Å². The Labute approximate surface area is 127 Å². The normalized spacial score (nSPS) is 9.86. The zero-order chi connectivity index (χ0) is 15.5. The second kappa shape index (κ2) is 9.98. The van der Waals surface area contributed by atoms with Gasteiger partial charge < -0.3 is 15.8 Å². The highest BCUT2D eigenvalue weighted by Gasteiger charge is 2.06. The summed E-state index contributed by atoms with van der Waals surface area (Å²) in [6.07, 6.45) is 2.05. The third kappa shape index (κ3) is 6.44. The van der Waals surface area contributed by atoms with Gasteiger partial charge in [-0.15, -0.1) is 0 Å². The lowest BCUT2D eigenvalue weighted by molar-refractivity contribution is -0.116. The molecule has 21 heavy (non-hydrogen) atoms. The molecule has 0 aliphatic carbocycles. The van der Waals surface area contributed by atoms with Gasteiger partial charge in [0.15, 0.2) is 0 Å². The van der Waals surface area contributed by atoms with E-state index in [2.05, 4.69) is 24.1 Å². The van der Waals surface area contributed by atoms with Crippen molar-refractivity contribution in [2.75, 3.05) is 25.1 Å². The van der Waals surface area contributed by atoms with Crippen molar-refractivity contribution in [2.45, 2.75) is 33.1 Å². The molecule has 0 saturated carbocycles. The molecule has 0 heterocycles. The molecule has 0 atom stereocenters. The molecule has 3 N–H and O–H groups in total. The van der Waals surface area contributed by atoms with Gasteiger partial charge in [-0.25, -0.2) is 0 Å². The fraction of sp³-hybridized carbons (Fsp3) is 0.471. The highest BCUT2D eigenvalue weighted by Crippen LogP contribution is 2.18. The minimum absolute atomic E-state index is 0.0187. The number of carbonyl (C=O) groups is 1. The molecule has 1 aromatic rings. The maximum Gasteiger partial charge on any atom is 0.224 e. The number of nitrogens with one attached hydrogen (secondary N) is 1. The number of anilines is 1. The Morgan fingerprint density at radius 3 is 2.86 bits per heavy atom. The van der Waals surface area contributed by atoms with Crippen LogP contribution in [0.15, 0.2) is 18.2 Å². The van der Waals surface area contributed by atoms with Crippen LogP contribution in [0.2, 0.25) is 0 Å². The number of hydrogen-bond donors (Lipinski definition) is 2. The largest absolute Gasteiger partial charge is 0.382 e. The summed E-state index contributed by atoms with van der Waals surface area (Å²) >= 11 is 0. The van der Waals surface area contributed by atoms with Gasteiger partial charge >= 0.3 is 0 Å². The molecule has 114 valence electrons. The molecule has 1 amide bonds. The molecular formula is C17H24N2O2. The van der Waals surface area contributed by atoms with Gasteiger partial charge in [-0.2, -0.15) is 0 Å². The van der Waals surface area contributed by atoms with Crippen LogP contribution in [-0.4, -0.2) is 25.7 Å². The van der Waals surface area contributed by atoms with Crippen LogP contribution in [0.1, 0.15) is 37.8 Å². The Hall–Kier alpha value is -1.83. The van der Waals surface area contributed by atoms with Gasteiger partial charge in [0.05, 0.1) is 6.54 Å². The summed E-state index contributed by atoms with van der Waals surface area (Å²) in [6, 6.07) is 5.80. The summed E-state index contributed by atoms with van der Waals surface area (Å²) in [5.41, 5.74) is 8.23. The number of ether oxygens (including phenoxy) is 1. The van der Waals surface area contributed by atoms with E-state index in [1.165, 1.54) is 0 Å². The molecule has 0 saturated heterocycles. The molecule has 0 aromatic heterocycles. The summed E-state index contributed by atoms with van der Waals surface area (Å²) in [5, 5.41) is 2.95. The van der Waals surface area contributed by atoms with Crippen LogP contribution in [-0.2, 0) is 16.0 Å². The first-order valence-corrected chi connectivity index (χ1v) is 7.40. The lowest BCUT2D eigenvalue weighted by atomic mass is 10.1. The molecule has 0 bridgehead atoms. The summed E-state index contributed by atoms with van der Waals surface area (Å²) in [5.74, 6) is 5.85. The summed E-state index contributed by atoms with van der Waals surface area (Å²) < 4.78 is 5.23. The first kappa shape index (κ1) is 17.2. The van der Waals surface area contributed by atoms with Crippen molar-refractivity contribution in [2.24, 2.45) is 5.73 Å². The lowest BCUT2D eigenvalue weighted by Gasteiger charge is -2.10. The molecule has 0 fully saturated rings. The Kier molecular flexibility index (Phi) is 8.18. The summed E-state index contributed by atoms with van der Waals surface area (Å²) in [4.78, 5) is 11.9. The van der Waals surface area contributed by atoms with Crippen LogP contribution < -0.4 is 11.1 Å². The van der Waals surface area contributed by atoms with Crippen molar-refractivity contribution in [3.63, 3.8) is 0 Å². The number of hydrogen-bond acceptors (Lipinski definition) is 3. The second-order valence-corrected chi connectivity index (χ2v) is 4.58. The molecule has 1 aromatic carbocycles. The van der Waals surface area contributed by atoms with Gasteiger partial charge in [-0.1, -0.05) is 18.8 Å². The maximum absolute atomic E-state index is 11.9. The second-order valence-electron chi connectivity index (χ2n) is 4.58. The zero-order valence-corrected chi connectivity index (χ0v) is 12.9. The van der Waals surface area contributed by atoms with Crippen molar-refractivity contribution in [1.29, 1.82) is 0 Å². The Morgan fingerprint density at radius 2 is 2.19 bits per heavy atom. The van der Waals surface area contributed by atoms with Gasteiger partial charge in [0.2, 0.25) is 5.91 Å². The highest BCUT2D eigenvalue weighted by molar-refractivity contribution is 5.91. The molecule has 0 spiro atoms. The van der Waals surface area contributed by atoms with E-state index in [0.717, 1.165) is 29.7 Å². The van der Waals surface area contributed by atoms with Crippen LogP contribution in [0.5, 0.6) is 0 Å². The number of aryl methyl sites for hydroxylation is 1. The lowest BCUT2D eigenvalue weighted by Crippen LogP contribution is -2.13. The average molecular weight is 288 g/mol. The SMILES string of the molecule is CCOCCCC(=O)Nc1ccc(C#CCN)cc1CC. The van der Waals surface area contributed by atoms with E-state index < -0.39 is 0 Å².